The number of benzene rings is 2. The van der Waals surface area contributed by atoms with Gasteiger partial charge in [-0.3, -0.25) is 4.79 Å². The Morgan fingerprint density at radius 1 is 1.10 bits per heavy atom. The highest BCUT2D eigenvalue weighted by Gasteiger charge is 2.33. The predicted molar refractivity (Wildman–Crippen MR) is 98.2 cm³/mol. The number of para-hydroxylation sites is 1. The molecule has 31 heavy (non-hydrogen) atoms. The van der Waals surface area contributed by atoms with E-state index < -0.39 is 41.7 Å². The molecule has 0 unspecified atom stereocenters. The highest BCUT2D eigenvalue weighted by Crippen LogP contribution is 2.35. The number of hydrogen-bond donors (Lipinski definition) is 1. The first-order valence-electron chi connectivity index (χ1n) is 8.41. The lowest BCUT2D eigenvalue weighted by Crippen LogP contribution is -2.19. The summed E-state index contributed by atoms with van der Waals surface area (Å²) >= 11 is 0. The van der Waals surface area contributed by atoms with Gasteiger partial charge >= 0.3 is 12.4 Å². The monoisotopic (exact) mass is 444 g/mol. The van der Waals surface area contributed by atoms with E-state index in [1.54, 1.807) is 6.07 Å². The van der Waals surface area contributed by atoms with Crippen LogP contribution >= 0.6 is 0 Å². The van der Waals surface area contributed by atoms with E-state index in [0.29, 0.717) is 0 Å². The molecule has 164 valence electrons. The van der Waals surface area contributed by atoms with Gasteiger partial charge < -0.3 is 14.8 Å². The van der Waals surface area contributed by atoms with Gasteiger partial charge in [0.2, 0.25) is 0 Å². The lowest BCUT2D eigenvalue weighted by molar-refractivity contribution is -0.153. The number of alkyl halides is 6. The summed E-state index contributed by atoms with van der Waals surface area (Å²) in [6.45, 7) is -1.55. The van der Waals surface area contributed by atoms with Crippen molar-refractivity contribution in [3.05, 3.63) is 59.2 Å². The topological polar surface area (TPSA) is 71.3 Å². The zero-order chi connectivity index (χ0) is 23.2. The summed E-state index contributed by atoms with van der Waals surface area (Å²) < 4.78 is 85.7. The van der Waals surface area contributed by atoms with Gasteiger partial charge in [-0.1, -0.05) is 18.2 Å². The van der Waals surface area contributed by atoms with Crippen LogP contribution < -0.4 is 14.8 Å². The number of halogens is 6. The van der Waals surface area contributed by atoms with Gasteiger partial charge in [0.25, 0.3) is 5.91 Å². The van der Waals surface area contributed by atoms with Crippen molar-refractivity contribution in [2.45, 2.75) is 12.4 Å². The van der Waals surface area contributed by atoms with Crippen LogP contribution in [-0.4, -0.2) is 25.8 Å². The second-order valence-corrected chi connectivity index (χ2v) is 5.98. The fourth-order valence-corrected chi connectivity index (χ4v) is 2.40. The lowest BCUT2D eigenvalue weighted by Gasteiger charge is -2.14. The minimum absolute atomic E-state index is 0.0990. The molecule has 5 nitrogen and oxygen atoms in total. The molecule has 0 saturated heterocycles. The summed E-state index contributed by atoms with van der Waals surface area (Å²) in [6.07, 6.45) is -8.25. The van der Waals surface area contributed by atoms with Crippen LogP contribution in [-0.2, 0) is 11.0 Å². The second-order valence-electron chi connectivity index (χ2n) is 5.98. The largest absolute Gasteiger partial charge is 0.493 e. The fraction of sp³-hybridized carbons (Fsp3) is 0.200. The van der Waals surface area contributed by atoms with Gasteiger partial charge in [0.05, 0.1) is 18.4 Å². The summed E-state index contributed by atoms with van der Waals surface area (Å²) in [6, 6.07) is 9.41. The van der Waals surface area contributed by atoms with E-state index in [1.807, 2.05) is 5.32 Å². The van der Waals surface area contributed by atoms with Crippen molar-refractivity contribution in [2.75, 3.05) is 19.0 Å². The van der Waals surface area contributed by atoms with Gasteiger partial charge in [0.1, 0.15) is 11.6 Å². The Morgan fingerprint density at radius 3 is 2.35 bits per heavy atom. The minimum atomic E-state index is -4.72. The van der Waals surface area contributed by atoms with Gasteiger partial charge in [-0.2, -0.15) is 31.6 Å². The number of anilines is 1. The number of nitrogens with zero attached hydrogens (tertiary/aromatic N) is 1. The van der Waals surface area contributed by atoms with Gasteiger partial charge in [-0.05, 0) is 35.9 Å². The number of amides is 1. The van der Waals surface area contributed by atoms with Crippen molar-refractivity contribution in [3.8, 4) is 17.6 Å². The maximum atomic E-state index is 13.1. The predicted octanol–water partition coefficient (Wildman–Crippen LogP) is 5.20. The number of carbonyl (C=O) groups excluding carboxylic acids is 1. The SMILES string of the molecule is COc1cc(/C=C(/C#N)C(=O)Nc2ccccc2C(F)(F)F)ccc1OCC(F)(F)F. The smallest absolute Gasteiger partial charge is 0.422 e. The van der Waals surface area contributed by atoms with Crippen LogP contribution in [0.15, 0.2) is 48.0 Å². The first-order chi connectivity index (χ1) is 14.4. The van der Waals surface area contributed by atoms with E-state index in [1.165, 1.54) is 25.3 Å². The van der Waals surface area contributed by atoms with Gasteiger partial charge in [0.15, 0.2) is 18.1 Å². The third kappa shape index (κ3) is 6.67. The second kappa shape index (κ2) is 9.42. The zero-order valence-electron chi connectivity index (χ0n) is 15.8. The molecule has 1 amide bonds. The molecule has 0 aliphatic heterocycles. The molecule has 0 atom stereocenters. The third-order valence-electron chi connectivity index (χ3n) is 3.74. The fourth-order valence-electron chi connectivity index (χ4n) is 2.40. The molecule has 2 rings (SSSR count). The van der Waals surface area contributed by atoms with E-state index in [9.17, 15) is 36.4 Å². The zero-order valence-corrected chi connectivity index (χ0v) is 15.8. The number of rotatable bonds is 6. The average molecular weight is 444 g/mol. The number of methoxy groups -OCH3 is 1. The molecule has 1 N–H and O–H groups in total. The Kier molecular flexibility index (Phi) is 7.17. The summed E-state index contributed by atoms with van der Waals surface area (Å²) in [5, 5.41) is 11.3. The van der Waals surface area contributed by atoms with Crippen LogP contribution in [0.3, 0.4) is 0 Å². The van der Waals surface area contributed by atoms with Crippen LogP contribution in [0.4, 0.5) is 32.0 Å². The Bertz CT molecular complexity index is 1020. The molecule has 0 aliphatic rings. The van der Waals surface area contributed by atoms with Gasteiger partial charge in [-0.15, -0.1) is 0 Å². The highest BCUT2D eigenvalue weighted by atomic mass is 19.4. The van der Waals surface area contributed by atoms with Crippen LogP contribution in [0.2, 0.25) is 0 Å². The van der Waals surface area contributed by atoms with E-state index in [-0.39, 0.29) is 17.1 Å². The van der Waals surface area contributed by atoms with Crippen molar-refractivity contribution >= 4 is 17.7 Å². The number of nitriles is 1. The Hall–Kier alpha value is -3.68. The van der Waals surface area contributed by atoms with Crippen molar-refractivity contribution in [1.82, 2.24) is 0 Å². The first kappa shape index (κ1) is 23.6. The highest BCUT2D eigenvalue weighted by molar-refractivity contribution is 6.10. The van der Waals surface area contributed by atoms with Crippen LogP contribution in [0, 0.1) is 11.3 Å². The molecule has 0 aliphatic carbocycles. The molecule has 11 heteroatoms. The van der Waals surface area contributed by atoms with Crippen molar-refractivity contribution in [3.63, 3.8) is 0 Å². The molecular weight excluding hydrogens is 430 g/mol. The number of hydrogen-bond acceptors (Lipinski definition) is 4. The molecule has 0 saturated carbocycles. The average Bonchev–Trinajstić information content (AvgIpc) is 2.69. The normalized spacial score (nSPS) is 12.1. The quantitative estimate of drug-likeness (QED) is 0.378. The summed E-state index contributed by atoms with van der Waals surface area (Å²) in [7, 11) is 1.18. The van der Waals surface area contributed by atoms with Crippen molar-refractivity contribution in [1.29, 1.82) is 5.26 Å². The van der Waals surface area contributed by atoms with E-state index in [0.717, 1.165) is 30.3 Å². The third-order valence-corrected chi connectivity index (χ3v) is 3.74. The molecule has 0 spiro atoms. The van der Waals surface area contributed by atoms with Crippen LogP contribution in [0.25, 0.3) is 6.08 Å². The number of nitrogens with one attached hydrogen (secondary N) is 1. The van der Waals surface area contributed by atoms with Crippen molar-refractivity contribution in [2.24, 2.45) is 0 Å². The molecule has 0 heterocycles. The molecule has 0 aromatic heterocycles. The summed E-state index contributed by atoms with van der Waals surface area (Å²) in [5.74, 6) is -1.42. The minimum Gasteiger partial charge on any atom is -0.493 e. The van der Waals surface area contributed by atoms with E-state index in [4.69, 9.17) is 4.74 Å². The Balaban J connectivity index is 2.28. The summed E-state index contributed by atoms with van der Waals surface area (Å²) in [5.41, 5.74) is -1.99. The number of carbonyl (C=O) groups is 1. The molecule has 0 radical (unpaired) electrons. The van der Waals surface area contributed by atoms with E-state index in [2.05, 4.69) is 4.74 Å². The standard InChI is InChI=1S/C20H14F6N2O3/c1-30-17-9-12(6-7-16(17)31-11-19(21,22)23)8-13(10-27)18(29)28-15-5-3-2-4-14(15)20(24,25)26/h2-9H,11H2,1H3,(H,28,29)/b13-8-. The van der Waals surface area contributed by atoms with Crippen LogP contribution in [0.1, 0.15) is 11.1 Å². The lowest BCUT2D eigenvalue weighted by atomic mass is 10.1. The first-order valence-corrected chi connectivity index (χ1v) is 8.41. The maximum Gasteiger partial charge on any atom is 0.422 e. The van der Waals surface area contributed by atoms with Gasteiger partial charge in [-0.25, -0.2) is 0 Å². The van der Waals surface area contributed by atoms with E-state index >= 15 is 0 Å². The maximum absolute atomic E-state index is 13.1. The number of ether oxygens (including phenoxy) is 2. The molecular formula is C20H14F6N2O3. The molecule has 2 aromatic carbocycles. The summed E-state index contributed by atoms with van der Waals surface area (Å²) in [4.78, 5) is 12.3. The Morgan fingerprint density at radius 2 is 1.77 bits per heavy atom. The molecule has 0 fully saturated rings. The van der Waals surface area contributed by atoms with Crippen molar-refractivity contribution < 1.29 is 40.6 Å². The van der Waals surface area contributed by atoms with Gasteiger partial charge in [0, 0.05) is 0 Å². The van der Waals surface area contributed by atoms with Crippen LogP contribution in [0.5, 0.6) is 11.5 Å². The molecule has 2 aromatic rings. The Labute approximate surface area is 172 Å². The molecule has 0 bridgehead atoms.